The topological polar surface area (TPSA) is 141 Å². The van der Waals surface area contributed by atoms with Crippen LogP contribution in [0.15, 0.2) is 63.8 Å². The van der Waals surface area contributed by atoms with Gasteiger partial charge in [-0.2, -0.15) is 26.3 Å². The van der Waals surface area contributed by atoms with Gasteiger partial charge < -0.3 is 24.9 Å². The second-order valence-electron chi connectivity index (χ2n) is 6.72. The summed E-state index contributed by atoms with van der Waals surface area (Å²) in [5.41, 5.74) is 3.67. The number of imidazole rings is 1. The zero-order valence-electron chi connectivity index (χ0n) is 18.1. The Hall–Kier alpha value is -4.08. The van der Waals surface area contributed by atoms with Crippen molar-refractivity contribution in [2.45, 2.75) is 18.9 Å². The maximum atomic E-state index is 10.6. The van der Waals surface area contributed by atoms with Gasteiger partial charge in [0.1, 0.15) is 17.1 Å². The van der Waals surface area contributed by atoms with E-state index in [0.717, 1.165) is 38.5 Å². The third-order valence-corrected chi connectivity index (χ3v) is 4.43. The van der Waals surface area contributed by atoms with Gasteiger partial charge in [0, 0.05) is 21.9 Å². The number of carboxylic acid groups (broad SMARTS) is 2. The second kappa shape index (κ2) is 12.2. The molecule has 198 valence electrons. The van der Waals surface area contributed by atoms with Gasteiger partial charge in [-0.15, -0.1) is 0 Å². The number of hydrogen-bond acceptors (Lipinski definition) is 6. The van der Waals surface area contributed by atoms with Gasteiger partial charge in [0.15, 0.2) is 5.65 Å². The summed E-state index contributed by atoms with van der Waals surface area (Å²) in [6, 6.07) is 13.9. The largest absolute Gasteiger partial charge is 0.490 e. The minimum atomic E-state index is -5.08. The maximum Gasteiger partial charge on any atom is 0.490 e. The summed E-state index contributed by atoms with van der Waals surface area (Å²) < 4.78 is 69.7. The van der Waals surface area contributed by atoms with E-state index >= 15 is 0 Å². The highest BCUT2D eigenvalue weighted by Crippen LogP contribution is 2.23. The number of aromatic amines is 1. The zero-order chi connectivity index (χ0) is 27.8. The molecule has 0 radical (unpaired) electrons. The first kappa shape index (κ1) is 29.2. The number of pyridine rings is 1. The lowest BCUT2D eigenvalue weighted by atomic mass is 10.2. The van der Waals surface area contributed by atoms with Crippen molar-refractivity contribution in [2.75, 3.05) is 5.32 Å². The predicted molar refractivity (Wildman–Crippen MR) is 120 cm³/mol. The number of aliphatic carboxylic acids is 2. The fourth-order valence-electron chi connectivity index (χ4n) is 2.36. The van der Waals surface area contributed by atoms with Crippen LogP contribution in [0.5, 0.6) is 0 Å². The van der Waals surface area contributed by atoms with E-state index in [-0.39, 0.29) is 0 Å². The molecule has 0 saturated carbocycles. The third-order valence-electron chi connectivity index (χ3n) is 3.99. The summed E-state index contributed by atoms with van der Waals surface area (Å²) in [4.78, 5) is 29.9. The Morgan fingerprint density at radius 3 is 2.05 bits per heavy atom. The highest BCUT2D eigenvalue weighted by atomic mass is 79.9. The fraction of sp³-hybridized carbons (Fsp3) is 0.143. The number of furan rings is 1. The van der Waals surface area contributed by atoms with E-state index in [1.807, 2.05) is 42.5 Å². The maximum absolute atomic E-state index is 10.6. The SMILES string of the molecule is Brc1cnc2[nH]c(-c3ccc(NCc4ccco4)cc3)nc2c1.O=C(O)C(F)(F)F.O=C(O)C(F)(F)F. The van der Waals surface area contributed by atoms with Crippen molar-refractivity contribution < 1.29 is 50.6 Å². The number of nitrogens with zero attached hydrogens (tertiary/aromatic N) is 2. The number of alkyl halides is 6. The highest BCUT2D eigenvalue weighted by Gasteiger charge is 2.38. The van der Waals surface area contributed by atoms with Crippen LogP contribution in [0, 0.1) is 0 Å². The molecule has 4 rings (SSSR count). The van der Waals surface area contributed by atoms with Gasteiger partial charge in [0.05, 0.1) is 12.8 Å². The van der Waals surface area contributed by atoms with Crippen LogP contribution in [0.25, 0.3) is 22.6 Å². The Bertz CT molecular complexity index is 1300. The number of carbonyl (C=O) groups is 2. The van der Waals surface area contributed by atoms with Crippen molar-refractivity contribution in [3.8, 4) is 11.4 Å². The summed E-state index contributed by atoms with van der Waals surface area (Å²) in [6.07, 6.45) is -6.74. The number of nitrogens with one attached hydrogen (secondary N) is 2. The molecule has 37 heavy (non-hydrogen) atoms. The van der Waals surface area contributed by atoms with Crippen LogP contribution in [0.3, 0.4) is 0 Å². The van der Waals surface area contributed by atoms with E-state index in [2.05, 4.69) is 36.2 Å². The highest BCUT2D eigenvalue weighted by molar-refractivity contribution is 9.10. The number of halogens is 7. The van der Waals surface area contributed by atoms with Gasteiger partial charge in [-0.05, 0) is 58.4 Å². The standard InChI is InChI=1S/C17H13BrN4O.2C2HF3O2/c18-12-8-15-17(20-9-12)22-16(21-15)11-3-5-13(6-4-11)19-10-14-2-1-7-23-14;2*3-2(4,5)1(6)7/h1-9,19H,10H2,(H,20,21,22);2*(H,6,7). The van der Waals surface area contributed by atoms with Crippen molar-refractivity contribution in [3.05, 3.63) is 65.2 Å². The minimum Gasteiger partial charge on any atom is -0.475 e. The molecule has 0 unspecified atom stereocenters. The van der Waals surface area contributed by atoms with Crippen LogP contribution in [0.4, 0.5) is 32.0 Å². The molecule has 0 fully saturated rings. The molecule has 9 nitrogen and oxygen atoms in total. The number of carboxylic acids is 2. The van der Waals surface area contributed by atoms with E-state index in [1.54, 1.807) is 12.5 Å². The lowest BCUT2D eigenvalue weighted by Crippen LogP contribution is -2.21. The molecule has 4 N–H and O–H groups in total. The molecule has 16 heteroatoms. The van der Waals surface area contributed by atoms with Crippen molar-refractivity contribution in [2.24, 2.45) is 0 Å². The average Bonchev–Trinajstić information content (AvgIpc) is 3.47. The van der Waals surface area contributed by atoms with Gasteiger partial charge >= 0.3 is 24.3 Å². The van der Waals surface area contributed by atoms with Crippen molar-refractivity contribution >= 4 is 44.7 Å². The van der Waals surface area contributed by atoms with Crippen LogP contribution < -0.4 is 5.32 Å². The van der Waals surface area contributed by atoms with Gasteiger partial charge in [0.2, 0.25) is 0 Å². The molecule has 0 aliphatic carbocycles. The van der Waals surface area contributed by atoms with Crippen molar-refractivity contribution in [1.29, 1.82) is 0 Å². The quantitative estimate of drug-likeness (QED) is 0.215. The Morgan fingerprint density at radius 2 is 1.57 bits per heavy atom. The molecule has 1 aromatic carbocycles. The first-order valence-corrected chi connectivity index (χ1v) is 10.4. The first-order valence-electron chi connectivity index (χ1n) is 9.65. The van der Waals surface area contributed by atoms with Crippen LogP contribution in [0.2, 0.25) is 0 Å². The van der Waals surface area contributed by atoms with Gasteiger partial charge in [0.25, 0.3) is 0 Å². The summed E-state index contributed by atoms with van der Waals surface area (Å²) in [7, 11) is 0. The van der Waals surface area contributed by atoms with E-state index < -0.39 is 24.3 Å². The molecular weight excluding hydrogens is 582 g/mol. The smallest absolute Gasteiger partial charge is 0.475 e. The lowest BCUT2D eigenvalue weighted by molar-refractivity contribution is -0.193. The molecule has 0 bridgehead atoms. The van der Waals surface area contributed by atoms with E-state index in [9.17, 15) is 26.3 Å². The average molecular weight is 597 g/mol. The van der Waals surface area contributed by atoms with E-state index in [0.29, 0.717) is 6.54 Å². The predicted octanol–water partition coefficient (Wildman–Crippen LogP) is 5.86. The van der Waals surface area contributed by atoms with Gasteiger partial charge in [-0.3, -0.25) is 0 Å². The molecule has 0 aliphatic heterocycles. The zero-order valence-corrected chi connectivity index (χ0v) is 19.6. The van der Waals surface area contributed by atoms with Crippen LogP contribution in [-0.4, -0.2) is 49.5 Å². The van der Waals surface area contributed by atoms with Crippen LogP contribution in [0.1, 0.15) is 5.76 Å². The van der Waals surface area contributed by atoms with Crippen molar-refractivity contribution in [1.82, 2.24) is 15.0 Å². The molecule has 3 aromatic heterocycles. The number of anilines is 1. The Kier molecular flexibility index (Phi) is 9.65. The Morgan fingerprint density at radius 1 is 1.00 bits per heavy atom. The van der Waals surface area contributed by atoms with E-state index in [1.165, 1.54) is 0 Å². The minimum absolute atomic E-state index is 0.662. The van der Waals surface area contributed by atoms with E-state index in [4.69, 9.17) is 24.2 Å². The molecule has 0 saturated heterocycles. The number of H-pyrrole nitrogens is 1. The molecular formula is C21H15BrF6N4O5. The fourth-order valence-corrected chi connectivity index (χ4v) is 2.67. The number of rotatable bonds is 4. The first-order chi connectivity index (χ1) is 17.2. The second-order valence-corrected chi connectivity index (χ2v) is 7.64. The number of hydrogen-bond donors (Lipinski definition) is 4. The summed E-state index contributed by atoms with van der Waals surface area (Å²) in [5.74, 6) is -3.80. The van der Waals surface area contributed by atoms with Gasteiger partial charge in [-0.1, -0.05) is 0 Å². The lowest BCUT2D eigenvalue weighted by Gasteiger charge is -2.05. The Balaban J connectivity index is 0.000000286. The van der Waals surface area contributed by atoms with Crippen LogP contribution in [-0.2, 0) is 16.1 Å². The molecule has 0 spiro atoms. The normalized spacial score (nSPS) is 11.1. The van der Waals surface area contributed by atoms with Gasteiger partial charge in [-0.25, -0.2) is 19.6 Å². The molecule has 0 atom stereocenters. The summed E-state index contributed by atoms with van der Waals surface area (Å²) in [6.45, 7) is 0.662. The monoisotopic (exact) mass is 596 g/mol. The molecule has 0 amide bonds. The Labute approximate surface area is 211 Å². The summed E-state index contributed by atoms with van der Waals surface area (Å²) in [5, 5.41) is 17.6. The van der Waals surface area contributed by atoms with Crippen LogP contribution >= 0.6 is 15.9 Å². The molecule has 4 aromatic rings. The number of aromatic nitrogens is 3. The molecule has 3 heterocycles. The molecule has 0 aliphatic rings. The number of benzene rings is 1. The summed E-state index contributed by atoms with van der Waals surface area (Å²) >= 11 is 3.41. The number of fused-ring (bicyclic) bond motifs is 1. The van der Waals surface area contributed by atoms with Crippen molar-refractivity contribution in [3.63, 3.8) is 0 Å². The third kappa shape index (κ3) is 9.47.